The first-order valence-corrected chi connectivity index (χ1v) is 3.63. The summed E-state index contributed by atoms with van der Waals surface area (Å²) in [5.41, 5.74) is -3.16. The van der Waals surface area contributed by atoms with Crippen LogP contribution in [0.4, 0.5) is 26.3 Å². The van der Waals surface area contributed by atoms with Crippen LogP contribution < -0.4 is 0 Å². The number of hydrogen-bond donors (Lipinski definition) is 1. The Balaban J connectivity index is 3.50. The minimum atomic E-state index is -5.32. The third-order valence-electron chi connectivity index (χ3n) is 1.69. The average molecular weight is 230 g/mol. The molecule has 0 aromatic heterocycles. The van der Waals surface area contributed by atoms with Gasteiger partial charge in [0.05, 0.1) is 6.61 Å². The van der Waals surface area contributed by atoms with Crippen LogP contribution in [-0.2, 0) is 12.8 Å². The van der Waals surface area contributed by atoms with Crippen molar-refractivity contribution in [3.63, 3.8) is 0 Å². The predicted molar refractivity (Wildman–Crippen MR) is 37.2 cm³/mol. The van der Waals surface area contributed by atoms with Crippen LogP contribution in [0, 0.1) is 17.5 Å². The van der Waals surface area contributed by atoms with Crippen LogP contribution in [0.15, 0.2) is 6.07 Å². The quantitative estimate of drug-likeness (QED) is 0.580. The number of aliphatic hydroxyl groups excluding tert-OH is 1. The summed E-state index contributed by atoms with van der Waals surface area (Å²) < 4.78 is 74.3. The third kappa shape index (κ3) is 2.06. The number of rotatable bonds is 1. The van der Waals surface area contributed by atoms with Crippen LogP contribution >= 0.6 is 0 Å². The molecule has 0 saturated carbocycles. The van der Waals surface area contributed by atoms with Gasteiger partial charge >= 0.3 is 6.18 Å². The van der Waals surface area contributed by atoms with Crippen LogP contribution in [0.3, 0.4) is 0 Å². The molecule has 0 spiro atoms. The Kier molecular flexibility index (Phi) is 2.94. The van der Waals surface area contributed by atoms with Gasteiger partial charge in [0.15, 0.2) is 11.6 Å². The largest absolute Gasteiger partial charge is 0.422 e. The van der Waals surface area contributed by atoms with E-state index in [1.165, 1.54) is 0 Å². The minimum absolute atomic E-state index is 0.112. The van der Waals surface area contributed by atoms with Crippen LogP contribution in [-0.4, -0.2) is 5.11 Å². The summed E-state index contributed by atoms with van der Waals surface area (Å²) >= 11 is 0. The Morgan fingerprint density at radius 3 is 2.00 bits per heavy atom. The molecule has 0 bridgehead atoms. The summed E-state index contributed by atoms with van der Waals surface area (Å²) in [6.45, 7) is -1.09. The molecule has 0 radical (unpaired) electrons. The molecular weight excluding hydrogens is 226 g/mol. The first-order chi connectivity index (χ1) is 6.79. The second-order valence-electron chi connectivity index (χ2n) is 2.68. The smallest absolute Gasteiger partial charge is 0.392 e. The molecule has 1 nitrogen and oxygen atoms in total. The highest BCUT2D eigenvalue weighted by Crippen LogP contribution is 2.35. The summed E-state index contributed by atoms with van der Waals surface area (Å²) in [5, 5.41) is 8.41. The van der Waals surface area contributed by atoms with Crippen molar-refractivity contribution in [1.82, 2.24) is 0 Å². The topological polar surface area (TPSA) is 20.2 Å². The van der Waals surface area contributed by atoms with Gasteiger partial charge in [-0.3, -0.25) is 0 Å². The summed E-state index contributed by atoms with van der Waals surface area (Å²) in [4.78, 5) is 0. The van der Waals surface area contributed by atoms with Crippen molar-refractivity contribution in [3.8, 4) is 0 Å². The van der Waals surface area contributed by atoms with E-state index >= 15 is 0 Å². The zero-order valence-corrected chi connectivity index (χ0v) is 7.00. The van der Waals surface area contributed by atoms with Crippen molar-refractivity contribution in [1.29, 1.82) is 0 Å². The Morgan fingerprint density at radius 2 is 1.60 bits per heavy atom. The molecule has 84 valence electrons. The first-order valence-electron chi connectivity index (χ1n) is 3.63. The van der Waals surface area contributed by atoms with E-state index in [1.54, 1.807) is 0 Å². The van der Waals surface area contributed by atoms with Crippen molar-refractivity contribution < 1.29 is 31.4 Å². The molecule has 1 N–H and O–H groups in total. The molecule has 0 amide bonds. The Hall–Kier alpha value is -1.24. The van der Waals surface area contributed by atoms with E-state index in [0.29, 0.717) is 0 Å². The molecule has 1 rings (SSSR count). The average Bonchev–Trinajstić information content (AvgIpc) is 2.09. The van der Waals surface area contributed by atoms with Crippen LogP contribution in [0.5, 0.6) is 0 Å². The van der Waals surface area contributed by atoms with E-state index in [9.17, 15) is 26.3 Å². The first kappa shape index (κ1) is 11.8. The van der Waals surface area contributed by atoms with Crippen molar-refractivity contribution in [3.05, 3.63) is 34.6 Å². The monoisotopic (exact) mass is 230 g/mol. The SMILES string of the molecule is OCc1cc(F)c(C(F)(F)F)c(F)c1F. The van der Waals surface area contributed by atoms with Gasteiger partial charge in [-0.25, -0.2) is 13.2 Å². The molecule has 0 aliphatic rings. The lowest BCUT2D eigenvalue weighted by molar-refractivity contribution is -0.142. The maximum Gasteiger partial charge on any atom is 0.422 e. The van der Waals surface area contributed by atoms with Crippen molar-refractivity contribution in [2.45, 2.75) is 12.8 Å². The third-order valence-corrected chi connectivity index (χ3v) is 1.69. The zero-order chi connectivity index (χ0) is 11.8. The number of aliphatic hydroxyl groups is 1. The number of halogens is 6. The zero-order valence-electron chi connectivity index (χ0n) is 7.00. The fourth-order valence-corrected chi connectivity index (χ4v) is 1.02. The van der Waals surface area contributed by atoms with Gasteiger partial charge in [0, 0.05) is 5.56 Å². The standard InChI is InChI=1S/C8H4F6O/c9-4-1-3(2-15)6(10)7(11)5(4)8(12,13)14/h1,15H,2H2. The molecule has 0 aliphatic heterocycles. The highest BCUT2D eigenvalue weighted by Gasteiger charge is 2.39. The fraction of sp³-hybridized carbons (Fsp3) is 0.250. The molecule has 0 unspecified atom stereocenters. The lowest BCUT2D eigenvalue weighted by Gasteiger charge is -2.11. The molecule has 7 heteroatoms. The van der Waals surface area contributed by atoms with Gasteiger partial charge in [-0.1, -0.05) is 0 Å². The van der Waals surface area contributed by atoms with Crippen molar-refractivity contribution >= 4 is 0 Å². The molecule has 0 heterocycles. The fourth-order valence-electron chi connectivity index (χ4n) is 1.02. The second kappa shape index (κ2) is 3.73. The molecule has 0 saturated heterocycles. The van der Waals surface area contributed by atoms with E-state index in [4.69, 9.17) is 5.11 Å². The maximum atomic E-state index is 12.8. The molecule has 1 aromatic carbocycles. The van der Waals surface area contributed by atoms with Gasteiger partial charge in [0.25, 0.3) is 0 Å². The van der Waals surface area contributed by atoms with Gasteiger partial charge in [-0.05, 0) is 6.07 Å². The van der Waals surface area contributed by atoms with Gasteiger partial charge in [0.1, 0.15) is 11.4 Å². The Morgan fingerprint density at radius 1 is 1.07 bits per heavy atom. The summed E-state index contributed by atoms with van der Waals surface area (Å²) in [6, 6.07) is 0.112. The molecule has 1 aromatic rings. The normalized spacial score (nSPS) is 11.9. The highest BCUT2D eigenvalue weighted by molar-refractivity contribution is 5.29. The lowest BCUT2D eigenvalue weighted by atomic mass is 10.1. The van der Waals surface area contributed by atoms with Crippen LogP contribution in [0.25, 0.3) is 0 Å². The van der Waals surface area contributed by atoms with E-state index in [1.807, 2.05) is 0 Å². The van der Waals surface area contributed by atoms with Crippen LogP contribution in [0.2, 0.25) is 0 Å². The van der Waals surface area contributed by atoms with Crippen molar-refractivity contribution in [2.24, 2.45) is 0 Å². The van der Waals surface area contributed by atoms with E-state index < -0.39 is 41.4 Å². The maximum absolute atomic E-state index is 12.8. The Bertz CT molecular complexity index is 384. The van der Waals surface area contributed by atoms with Crippen molar-refractivity contribution in [2.75, 3.05) is 0 Å². The minimum Gasteiger partial charge on any atom is -0.392 e. The molecule has 0 aliphatic carbocycles. The summed E-state index contributed by atoms with van der Waals surface area (Å²) in [6.07, 6.45) is -5.32. The molecule has 15 heavy (non-hydrogen) atoms. The van der Waals surface area contributed by atoms with Gasteiger partial charge in [0.2, 0.25) is 0 Å². The number of hydrogen-bond acceptors (Lipinski definition) is 1. The lowest BCUT2D eigenvalue weighted by Crippen LogP contribution is -2.14. The van der Waals surface area contributed by atoms with Gasteiger partial charge < -0.3 is 5.11 Å². The van der Waals surface area contributed by atoms with Crippen LogP contribution in [0.1, 0.15) is 11.1 Å². The summed E-state index contributed by atoms with van der Waals surface area (Å²) in [5.74, 6) is -6.19. The van der Waals surface area contributed by atoms with E-state index in [2.05, 4.69) is 0 Å². The van der Waals surface area contributed by atoms with E-state index in [0.717, 1.165) is 0 Å². The summed E-state index contributed by atoms with van der Waals surface area (Å²) in [7, 11) is 0. The van der Waals surface area contributed by atoms with E-state index in [-0.39, 0.29) is 6.07 Å². The molecule has 0 atom stereocenters. The predicted octanol–water partition coefficient (Wildman–Crippen LogP) is 2.62. The molecule has 0 fully saturated rings. The van der Waals surface area contributed by atoms with Gasteiger partial charge in [-0.15, -0.1) is 0 Å². The van der Waals surface area contributed by atoms with Gasteiger partial charge in [-0.2, -0.15) is 13.2 Å². The highest BCUT2D eigenvalue weighted by atomic mass is 19.4. The second-order valence-corrected chi connectivity index (χ2v) is 2.68. The number of alkyl halides is 3. The molecular formula is C8H4F6O. The number of benzene rings is 1. The Labute approximate surface area is 79.9 Å².